The van der Waals surface area contributed by atoms with Crippen molar-refractivity contribution in [2.45, 2.75) is 13.3 Å². The van der Waals surface area contributed by atoms with Gasteiger partial charge in [-0.1, -0.05) is 28.1 Å². The van der Waals surface area contributed by atoms with Gasteiger partial charge in [0, 0.05) is 21.3 Å². The van der Waals surface area contributed by atoms with Gasteiger partial charge >= 0.3 is 0 Å². The topological polar surface area (TPSA) is 17.1 Å². The molecule has 0 fully saturated rings. The van der Waals surface area contributed by atoms with Gasteiger partial charge in [-0.05, 0) is 36.1 Å². The smallest absolute Gasteiger partial charge is 0.168 e. The van der Waals surface area contributed by atoms with E-state index in [1.165, 1.54) is 0 Å². The third kappa shape index (κ3) is 2.60. The number of hydrogen-bond acceptors (Lipinski definition) is 2. The highest BCUT2D eigenvalue weighted by molar-refractivity contribution is 9.10. The van der Waals surface area contributed by atoms with Crippen LogP contribution in [0.15, 0.2) is 40.2 Å². The summed E-state index contributed by atoms with van der Waals surface area (Å²) in [5.41, 5.74) is 1.84. The molecule has 16 heavy (non-hydrogen) atoms. The standard InChI is InChI=1S/C13H11BrOS/c1-9-4-5-10(14)7-12(9)13(15)8-11-3-2-6-16-11/h2-7H,8H2,1H3. The zero-order valence-corrected chi connectivity index (χ0v) is 11.3. The second kappa shape index (κ2) is 4.93. The lowest BCUT2D eigenvalue weighted by Crippen LogP contribution is -2.04. The highest BCUT2D eigenvalue weighted by Gasteiger charge is 2.10. The molecule has 2 rings (SSSR count). The van der Waals surface area contributed by atoms with Crippen molar-refractivity contribution in [2.24, 2.45) is 0 Å². The predicted octanol–water partition coefficient (Wildman–Crippen LogP) is 4.24. The second-order valence-electron chi connectivity index (χ2n) is 3.64. The number of rotatable bonds is 3. The highest BCUT2D eigenvalue weighted by atomic mass is 79.9. The van der Waals surface area contributed by atoms with Crippen LogP contribution in [0.2, 0.25) is 0 Å². The molecule has 1 aromatic heterocycles. The Morgan fingerprint density at radius 3 is 2.88 bits per heavy atom. The van der Waals surface area contributed by atoms with Crippen LogP contribution in [-0.4, -0.2) is 5.78 Å². The molecule has 0 unspecified atom stereocenters. The highest BCUT2D eigenvalue weighted by Crippen LogP contribution is 2.19. The van der Waals surface area contributed by atoms with E-state index in [1.807, 2.05) is 42.6 Å². The molecule has 82 valence electrons. The van der Waals surface area contributed by atoms with Gasteiger partial charge in [-0.2, -0.15) is 0 Å². The molecule has 0 aliphatic rings. The van der Waals surface area contributed by atoms with Gasteiger partial charge in [-0.3, -0.25) is 4.79 Å². The summed E-state index contributed by atoms with van der Waals surface area (Å²) in [5, 5.41) is 2.00. The Labute approximate surface area is 107 Å². The molecule has 1 heterocycles. The fourth-order valence-corrected chi connectivity index (χ4v) is 2.63. The van der Waals surface area contributed by atoms with Crippen molar-refractivity contribution in [1.29, 1.82) is 0 Å². The van der Waals surface area contributed by atoms with Crippen LogP contribution in [0.3, 0.4) is 0 Å². The van der Waals surface area contributed by atoms with Crippen molar-refractivity contribution in [1.82, 2.24) is 0 Å². The molecule has 0 N–H and O–H groups in total. The number of benzene rings is 1. The lowest BCUT2D eigenvalue weighted by Gasteiger charge is -2.04. The van der Waals surface area contributed by atoms with Gasteiger partial charge in [-0.15, -0.1) is 11.3 Å². The van der Waals surface area contributed by atoms with Crippen LogP contribution in [0.1, 0.15) is 20.8 Å². The van der Waals surface area contributed by atoms with Crippen LogP contribution < -0.4 is 0 Å². The van der Waals surface area contributed by atoms with Crippen molar-refractivity contribution in [3.63, 3.8) is 0 Å². The molecular formula is C13H11BrOS. The summed E-state index contributed by atoms with van der Waals surface area (Å²) in [5.74, 6) is 0.182. The normalized spacial score (nSPS) is 10.4. The van der Waals surface area contributed by atoms with Gasteiger partial charge in [0.2, 0.25) is 0 Å². The molecule has 0 saturated heterocycles. The monoisotopic (exact) mass is 294 g/mol. The number of Topliss-reactive ketones (excluding diaryl/α,β-unsaturated/α-hetero) is 1. The Hall–Kier alpha value is -0.930. The molecule has 0 aliphatic carbocycles. The quantitative estimate of drug-likeness (QED) is 0.774. The minimum absolute atomic E-state index is 0.182. The summed E-state index contributed by atoms with van der Waals surface area (Å²) in [4.78, 5) is 13.2. The Bertz CT molecular complexity index is 503. The van der Waals surface area contributed by atoms with Crippen LogP contribution >= 0.6 is 27.3 Å². The summed E-state index contributed by atoms with van der Waals surface area (Å²) in [6, 6.07) is 9.78. The van der Waals surface area contributed by atoms with Crippen LogP contribution in [0.4, 0.5) is 0 Å². The maximum Gasteiger partial charge on any atom is 0.168 e. The summed E-state index contributed by atoms with van der Waals surface area (Å²) >= 11 is 5.02. The number of halogens is 1. The third-order valence-corrected chi connectivity index (χ3v) is 3.78. The van der Waals surface area contributed by atoms with Crippen molar-refractivity contribution in [3.8, 4) is 0 Å². The minimum atomic E-state index is 0.182. The van der Waals surface area contributed by atoms with Gasteiger partial charge < -0.3 is 0 Å². The molecule has 1 nitrogen and oxygen atoms in total. The molecule has 0 radical (unpaired) electrons. The average Bonchev–Trinajstić information content (AvgIpc) is 2.74. The fourth-order valence-electron chi connectivity index (χ4n) is 1.56. The fraction of sp³-hybridized carbons (Fsp3) is 0.154. The average molecular weight is 295 g/mol. The first-order valence-corrected chi connectivity index (χ1v) is 6.66. The Kier molecular flexibility index (Phi) is 3.56. The molecule has 0 atom stereocenters. The van der Waals surface area contributed by atoms with E-state index in [2.05, 4.69) is 15.9 Å². The number of hydrogen-bond donors (Lipinski definition) is 0. The SMILES string of the molecule is Cc1ccc(Br)cc1C(=O)Cc1cccs1. The summed E-state index contributed by atoms with van der Waals surface area (Å²) < 4.78 is 0.952. The predicted molar refractivity (Wildman–Crippen MR) is 71.2 cm³/mol. The molecule has 1 aromatic carbocycles. The van der Waals surface area contributed by atoms with Crippen LogP contribution in [0.25, 0.3) is 0 Å². The summed E-state index contributed by atoms with van der Waals surface area (Å²) in [6.45, 7) is 1.97. The van der Waals surface area contributed by atoms with E-state index in [-0.39, 0.29) is 5.78 Å². The Morgan fingerprint density at radius 2 is 2.19 bits per heavy atom. The second-order valence-corrected chi connectivity index (χ2v) is 5.59. The molecule has 0 bridgehead atoms. The van der Waals surface area contributed by atoms with E-state index in [0.717, 1.165) is 20.5 Å². The first-order chi connectivity index (χ1) is 7.66. The van der Waals surface area contributed by atoms with Crippen LogP contribution in [0, 0.1) is 6.92 Å². The van der Waals surface area contributed by atoms with Gasteiger partial charge in [0.1, 0.15) is 0 Å². The summed E-state index contributed by atoms with van der Waals surface area (Å²) in [7, 11) is 0. The third-order valence-electron chi connectivity index (χ3n) is 2.41. The molecule has 0 spiro atoms. The van der Waals surface area contributed by atoms with Crippen LogP contribution in [-0.2, 0) is 6.42 Å². The molecular weight excluding hydrogens is 284 g/mol. The van der Waals surface area contributed by atoms with Gasteiger partial charge in [0.05, 0.1) is 0 Å². The molecule has 0 saturated carbocycles. The maximum atomic E-state index is 12.1. The van der Waals surface area contributed by atoms with Gasteiger partial charge in [0.25, 0.3) is 0 Å². The van der Waals surface area contributed by atoms with Crippen molar-refractivity contribution in [3.05, 3.63) is 56.2 Å². The zero-order valence-electron chi connectivity index (χ0n) is 8.87. The molecule has 3 heteroatoms. The van der Waals surface area contributed by atoms with E-state index in [4.69, 9.17) is 0 Å². The maximum absolute atomic E-state index is 12.1. The van der Waals surface area contributed by atoms with E-state index in [1.54, 1.807) is 11.3 Å². The largest absolute Gasteiger partial charge is 0.294 e. The lowest BCUT2D eigenvalue weighted by molar-refractivity contribution is 0.0993. The first-order valence-electron chi connectivity index (χ1n) is 4.98. The van der Waals surface area contributed by atoms with Gasteiger partial charge in [-0.25, -0.2) is 0 Å². The number of ketones is 1. The minimum Gasteiger partial charge on any atom is -0.294 e. The zero-order chi connectivity index (χ0) is 11.5. The Balaban J connectivity index is 2.24. The van der Waals surface area contributed by atoms with E-state index in [9.17, 15) is 4.79 Å². The van der Waals surface area contributed by atoms with Crippen molar-refractivity contribution >= 4 is 33.0 Å². The van der Waals surface area contributed by atoms with Gasteiger partial charge in [0.15, 0.2) is 5.78 Å². The number of carbonyl (C=O) groups is 1. The molecule has 0 amide bonds. The number of aryl methyl sites for hydroxylation is 1. The van der Waals surface area contributed by atoms with E-state index in [0.29, 0.717) is 6.42 Å². The van der Waals surface area contributed by atoms with E-state index >= 15 is 0 Å². The van der Waals surface area contributed by atoms with Crippen molar-refractivity contribution < 1.29 is 4.79 Å². The van der Waals surface area contributed by atoms with Crippen LogP contribution in [0.5, 0.6) is 0 Å². The molecule has 2 aromatic rings. The van der Waals surface area contributed by atoms with E-state index < -0.39 is 0 Å². The number of thiophene rings is 1. The van der Waals surface area contributed by atoms with Crippen molar-refractivity contribution in [2.75, 3.05) is 0 Å². The summed E-state index contributed by atoms with van der Waals surface area (Å²) in [6.07, 6.45) is 0.495. The first kappa shape index (κ1) is 11.6. The number of carbonyl (C=O) groups excluding carboxylic acids is 1. The lowest BCUT2D eigenvalue weighted by atomic mass is 10.0. The Morgan fingerprint density at radius 1 is 1.38 bits per heavy atom. The molecule has 0 aliphatic heterocycles.